The molecular formula is C23H22N2O3. The number of hydrogen-bond acceptors (Lipinski definition) is 3. The first-order valence-electron chi connectivity index (χ1n) is 9.04. The Bertz CT molecular complexity index is 1140. The van der Waals surface area contributed by atoms with Gasteiger partial charge >= 0.3 is 5.97 Å². The van der Waals surface area contributed by atoms with Gasteiger partial charge in [-0.05, 0) is 35.7 Å². The summed E-state index contributed by atoms with van der Waals surface area (Å²) in [7, 11) is 0. The van der Waals surface area contributed by atoms with Gasteiger partial charge in [-0.2, -0.15) is 0 Å². The van der Waals surface area contributed by atoms with E-state index in [4.69, 9.17) is 10.1 Å². The summed E-state index contributed by atoms with van der Waals surface area (Å²) in [5, 5.41) is 14.6. The zero-order chi connectivity index (χ0) is 18.8. The van der Waals surface area contributed by atoms with E-state index in [1.54, 1.807) is 0 Å². The molecule has 0 radical (unpaired) electrons. The van der Waals surface area contributed by atoms with E-state index < -0.39 is 5.97 Å². The molecule has 0 bridgehead atoms. The van der Waals surface area contributed by atoms with Crippen LogP contribution >= 0.6 is 0 Å². The summed E-state index contributed by atoms with van der Waals surface area (Å²) in [6.07, 6.45) is 0.952. The van der Waals surface area contributed by atoms with Gasteiger partial charge in [0.2, 0.25) is 0 Å². The van der Waals surface area contributed by atoms with Crippen molar-refractivity contribution in [3.63, 3.8) is 0 Å². The van der Waals surface area contributed by atoms with Crippen molar-refractivity contribution in [2.45, 2.75) is 19.8 Å². The zero-order valence-corrected chi connectivity index (χ0v) is 15.6. The number of carboxylic acids is 1. The van der Waals surface area contributed by atoms with E-state index in [1.165, 1.54) is 5.56 Å². The Balaban J connectivity index is 0.00000225. The van der Waals surface area contributed by atoms with Gasteiger partial charge in [-0.3, -0.25) is 4.79 Å². The molecule has 4 rings (SSSR count). The average molecular weight is 374 g/mol. The summed E-state index contributed by atoms with van der Waals surface area (Å²) in [6, 6.07) is 21.9. The summed E-state index contributed by atoms with van der Waals surface area (Å²) in [5.41, 5.74) is 5.92. The Morgan fingerprint density at radius 3 is 2.39 bits per heavy atom. The molecule has 4 N–H and O–H groups in total. The summed E-state index contributed by atoms with van der Waals surface area (Å²) >= 11 is 0. The molecule has 0 spiro atoms. The summed E-state index contributed by atoms with van der Waals surface area (Å²) in [5.74, 6) is -0.825. The smallest absolute Gasteiger partial charge is 0.307 e. The molecule has 1 heterocycles. The monoisotopic (exact) mass is 374 g/mol. The first-order chi connectivity index (χ1) is 13.2. The van der Waals surface area contributed by atoms with E-state index in [2.05, 4.69) is 36.5 Å². The number of hydrogen-bond donors (Lipinski definition) is 2. The highest BCUT2D eigenvalue weighted by Gasteiger charge is 2.11. The number of nitrogens with one attached hydrogen (secondary N) is 1. The standard InChI is InChI=1S/C23H20N2O2.H2O/c1-2-16-6-5-8-19-22(16)25-20-9-4-3-7-18(20)23(19)24-17-12-10-15(11-13-17)14-21(26)27;/h3-13H,2,14H2,1H3,(H,24,25)(H,26,27);1H2. The van der Waals surface area contributed by atoms with Crippen LogP contribution in [0.25, 0.3) is 21.8 Å². The summed E-state index contributed by atoms with van der Waals surface area (Å²) in [4.78, 5) is 15.8. The van der Waals surface area contributed by atoms with Crippen LogP contribution in [-0.4, -0.2) is 21.5 Å². The fourth-order valence-corrected chi connectivity index (χ4v) is 3.42. The number of nitrogens with zero attached hydrogens (tertiary/aromatic N) is 1. The molecule has 28 heavy (non-hydrogen) atoms. The van der Waals surface area contributed by atoms with Gasteiger partial charge in [0.1, 0.15) is 0 Å². The maximum Gasteiger partial charge on any atom is 0.307 e. The van der Waals surface area contributed by atoms with E-state index in [1.807, 2.05) is 42.5 Å². The number of fused-ring (bicyclic) bond motifs is 2. The molecule has 1 aromatic heterocycles. The Morgan fingerprint density at radius 2 is 1.68 bits per heavy atom. The van der Waals surface area contributed by atoms with Crippen molar-refractivity contribution in [1.82, 2.24) is 4.98 Å². The third kappa shape index (κ3) is 3.66. The lowest BCUT2D eigenvalue weighted by Crippen LogP contribution is -2.00. The predicted molar refractivity (Wildman–Crippen MR) is 113 cm³/mol. The van der Waals surface area contributed by atoms with Crippen LogP contribution in [0.3, 0.4) is 0 Å². The van der Waals surface area contributed by atoms with Crippen LogP contribution in [-0.2, 0) is 17.6 Å². The molecule has 4 aromatic rings. The number of rotatable bonds is 5. The molecule has 0 amide bonds. The lowest BCUT2D eigenvalue weighted by molar-refractivity contribution is -0.136. The van der Waals surface area contributed by atoms with Gasteiger partial charge in [0.05, 0.1) is 23.1 Å². The van der Waals surface area contributed by atoms with E-state index in [0.29, 0.717) is 0 Å². The van der Waals surface area contributed by atoms with Gasteiger partial charge in [0.25, 0.3) is 0 Å². The highest BCUT2D eigenvalue weighted by molar-refractivity contribution is 6.09. The molecule has 0 saturated heterocycles. The Kier molecular flexibility index (Phi) is 5.57. The highest BCUT2D eigenvalue weighted by atomic mass is 16.4. The Labute approximate surface area is 163 Å². The van der Waals surface area contributed by atoms with Gasteiger partial charge in [-0.15, -0.1) is 0 Å². The van der Waals surface area contributed by atoms with Crippen LogP contribution in [0.5, 0.6) is 0 Å². The van der Waals surface area contributed by atoms with Crippen LogP contribution in [0.15, 0.2) is 66.7 Å². The normalized spacial score (nSPS) is 10.6. The molecule has 142 valence electrons. The SMILES string of the molecule is CCc1cccc2c(Nc3ccc(CC(=O)O)cc3)c3ccccc3nc12.O. The minimum absolute atomic E-state index is 0. The molecule has 0 unspecified atom stereocenters. The zero-order valence-electron chi connectivity index (χ0n) is 15.6. The average Bonchev–Trinajstić information content (AvgIpc) is 2.68. The van der Waals surface area contributed by atoms with Crippen LogP contribution in [0.2, 0.25) is 0 Å². The van der Waals surface area contributed by atoms with Crippen molar-refractivity contribution >= 4 is 39.1 Å². The largest absolute Gasteiger partial charge is 0.481 e. The lowest BCUT2D eigenvalue weighted by Gasteiger charge is -2.15. The number of aromatic nitrogens is 1. The number of benzene rings is 3. The van der Waals surface area contributed by atoms with Crippen molar-refractivity contribution in [2.24, 2.45) is 0 Å². The fraction of sp³-hybridized carbons (Fsp3) is 0.130. The molecule has 0 saturated carbocycles. The number of carbonyl (C=O) groups is 1. The highest BCUT2D eigenvalue weighted by Crippen LogP contribution is 2.34. The second kappa shape index (κ2) is 8.06. The first-order valence-corrected chi connectivity index (χ1v) is 9.04. The molecule has 5 heteroatoms. The van der Waals surface area contributed by atoms with Gasteiger partial charge in [0.15, 0.2) is 0 Å². The molecule has 5 nitrogen and oxygen atoms in total. The van der Waals surface area contributed by atoms with Gasteiger partial charge in [-0.25, -0.2) is 4.98 Å². The van der Waals surface area contributed by atoms with Crippen LogP contribution in [0, 0.1) is 0 Å². The summed E-state index contributed by atoms with van der Waals surface area (Å²) in [6.45, 7) is 2.14. The molecule has 0 aliphatic heterocycles. The third-order valence-electron chi connectivity index (χ3n) is 4.75. The maximum atomic E-state index is 10.9. The summed E-state index contributed by atoms with van der Waals surface area (Å²) < 4.78 is 0. The minimum Gasteiger partial charge on any atom is -0.481 e. The van der Waals surface area contributed by atoms with Gasteiger partial charge in [-0.1, -0.05) is 55.5 Å². The van der Waals surface area contributed by atoms with Gasteiger partial charge in [0, 0.05) is 16.5 Å². The Hall–Kier alpha value is -3.44. The molecule has 0 fully saturated rings. The first kappa shape index (κ1) is 19.3. The molecule has 3 aromatic carbocycles. The number of pyridine rings is 1. The number of para-hydroxylation sites is 2. The Morgan fingerprint density at radius 1 is 0.964 bits per heavy atom. The van der Waals surface area contributed by atoms with E-state index in [0.717, 1.165) is 45.2 Å². The fourth-order valence-electron chi connectivity index (χ4n) is 3.42. The van der Waals surface area contributed by atoms with Crippen molar-refractivity contribution in [3.8, 4) is 0 Å². The van der Waals surface area contributed by atoms with Gasteiger partial charge < -0.3 is 15.9 Å². The number of aryl methyl sites for hydroxylation is 1. The van der Waals surface area contributed by atoms with Crippen molar-refractivity contribution in [3.05, 3.63) is 77.9 Å². The molecular weight excluding hydrogens is 352 g/mol. The van der Waals surface area contributed by atoms with Crippen LogP contribution in [0.1, 0.15) is 18.1 Å². The van der Waals surface area contributed by atoms with E-state index >= 15 is 0 Å². The third-order valence-corrected chi connectivity index (χ3v) is 4.75. The maximum absolute atomic E-state index is 10.9. The lowest BCUT2D eigenvalue weighted by atomic mass is 10.0. The second-order valence-corrected chi connectivity index (χ2v) is 6.56. The predicted octanol–water partition coefficient (Wildman–Crippen LogP) is 4.50. The number of anilines is 2. The van der Waals surface area contributed by atoms with Crippen LogP contribution in [0.4, 0.5) is 11.4 Å². The number of carboxylic acid groups (broad SMARTS) is 1. The quantitative estimate of drug-likeness (QED) is 0.503. The van der Waals surface area contributed by atoms with E-state index in [-0.39, 0.29) is 11.9 Å². The second-order valence-electron chi connectivity index (χ2n) is 6.56. The van der Waals surface area contributed by atoms with Crippen molar-refractivity contribution in [1.29, 1.82) is 0 Å². The van der Waals surface area contributed by atoms with Crippen molar-refractivity contribution in [2.75, 3.05) is 5.32 Å². The molecule has 0 aliphatic carbocycles. The van der Waals surface area contributed by atoms with E-state index in [9.17, 15) is 4.79 Å². The van der Waals surface area contributed by atoms with Crippen molar-refractivity contribution < 1.29 is 15.4 Å². The van der Waals surface area contributed by atoms with Crippen LogP contribution < -0.4 is 5.32 Å². The minimum atomic E-state index is -0.825. The topological polar surface area (TPSA) is 93.7 Å². The number of aliphatic carboxylic acids is 1. The molecule has 0 aliphatic rings. The molecule has 0 atom stereocenters.